The zero-order chi connectivity index (χ0) is 21.3. The van der Waals surface area contributed by atoms with Crippen LogP contribution < -0.4 is 5.32 Å². The van der Waals surface area contributed by atoms with Gasteiger partial charge < -0.3 is 10.4 Å². The van der Waals surface area contributed by atoms with Crippen LogP contribution in [0.4, 0.5) is 18.9 Å². The lowest BCUT2D eigenvalue weighted by Gasteiger charge is -2.19. The highest BCUT2D eigenvalue weighted by molar-refractivity contribution is 7.89. The van der Waals surface area contributed by atoms with Crippen LogP contribution in [0.1, 0.15) is 22.0 Å². The Morgan fingerprint density at radius 3 is 2.36 bits per heavy atom. The highest BCUT2D eigenvalue weighted by atomic mass is 35.5. The number of aliphatic hydroxyl groups excluding tert-OH is 1. The molecule has 1 amide bonds. The zero-order valence-electron chi connectivity index (χ0n) is 14.7. The number of nitrogens with zero attached hydrogens (tertiary/aromatic N) is 1. The number of amides is 1. The molecule has 6 nitrogen and oxygen atoms in total. The number of anilines is 1. The molecule has 28 heavy (non-hydrogen) atoms. The molecule has 2 N–H and O–H groups in total. The molecule has 0 saturated heterocycles. The standard InChI is InChI=1S/C17H16ClF3N2O4S/c1-23(2)28(26,27)14-9-10(7-8-12(14)18)16(25)22-13-6-4-3-5-11(13)15(24)17(19,20)21/h3-9,15,24H,1-2H3,(H,22,25). The number of halogens is 4. The number of nitrogens with one attached hydrogen (secondary N) is 1. The molecular formula is C17H16ClF3N2O4S. The van der Waals surface area contributed by atoms with E-state index in [1.54, 1.807) is 0 Å². The smallest absolute Gasteiger partial charge is 0.379 e. The highest BCUT2D eigenvalue weighted by Gasteiger charge is 2.40. The van der Waals surface area contributed by atoms with Crippen LogP contribution in [-0.2, 0) is 10.0 Å². The summed E-state index contributed by atoms with van der Waals surface area (Å²) in [5, 5.41) is 11.6. The number of rotatable bonds is 5. The Morgan fingerprint density at radius 1 is 1.18 bits per heavy atom. The van der Waals surface area contributed by atoms with E-state index < -0.39 is 33.8 Å². The van der Waals surface area contributed by atoms with Gasteiger partial charge in [0.1, 0.15) is 4.90 Å². The molecule has 0 aliphatic heterocycles. The normalized spacial score (nSPS) is 13.4. The minimum atomic E-state index is -4.92. The van der Waals surface area contributed by atoms with Crippen molar-refractivity contribution in [2.24, 2.45) is 0 Å². The maximum absolute atomic E-state index is 12.8. The lowest BCUT2D eigenvalue weighted by Crippen LogP contribution is -2.24. The third-order valence-electron chi connectivity index (χ3n) is 3.77. The van der Waals surface area contributed by atoms with Crippen molar-refractivity contribution < 1.29 is 31.5 Å². The molecule has 1 atom stereocenters. The fourth-order valence-corrected chi connectivity index (χ4v) is 3.65. The predicted octanol–water partition coefficient (Wildman–Crippen LogP) is 3.44. The summed E-state index contributed by atoms with van der Waals surface area (Å²) >= 11 is 5.91. The third kappa shape index (κ3) is 4.64. The quantitative estimate of drug-likeness (QED) is 0.751. The SMILES string of the molecule is CN(C)S(=O)(=O)c1cc(C(=O)Nc2ccccc2C(O)C(F)(F)F)ccc1Cl. The second-order valence-corrected chi connectivity index (χ2v) is 8.45. The lowest BCUT2D eigenvalue weighted by atomic mass is 10.1. The van der Waals surface area contributed by atoms with Crippen molar-refractivity contribution in [1.29, 1.82) is 0 Å². The Bertz CT molecular complexity index is 994. The van der Waals surface area contributed by atoms with Gasteiger partial charge in [-0.05, 0) is 24.3 Å². The summed E-state index contributed by atoms with van der Waals surface area (Å²) in [6.45, 7) is 0. The van der Waals surface area contributed by atoms with Crippen LogP contribution in [0.25, 0.3) is 0 Å². The van der Waals surface area contributed by atoms with E-state index in [1.165, 1.54) is 44.4 Å². The molecule has 0 aromatic heterocycles. The number of hydrogen-bond acceptors (Lipinski definition) is 4. The third-order valence-corrected chi connectivity index (χ3v) is 6.06. The first-order valence-electron chi connectivity index (χ1n) is 7.73. The molecule has 0 heterocycles. The highest BCUT2D eigenvalue weighted by Crippen LogP contribution is 2.36. The number of aliphatic hydroxyl groups is 1. The Balaban J connectivity index is 2.41. The van der Waals surface area contributed by atoms with Gasteiger partial charge in [0.05, 0.1) is 5.02 Å². The summed E-state index contributed by atoms with van der Waals surface area (Å²) < 4.78 is 64.0. The van der Waals surface area contributed by atoms with E-state index in [0.29, 0.717) is 0 Å². The molecule has 0 bridgehead atoms. The summed E-state index contributed by atoms with van der Waals surface area (Å²) in [6, 6.07) is 8.33. The van der Waals surface area contributed by atoms with Crippen molar-refractivity contribution in [1.82, 2.24) is 4.31 Å². The number of benzene rings is 2. The molecule has 0 spiro atoms. The van der Waals surface area contributed by atoms with E-state index >= 15 is 0 Å². The molecule has 11 heteroatoms. The van der Waals surface area contributed by atoms with E-state index in [1.807, 2.05) is 0 Å². The number of hydrogen-bond donors (Lipinski definition) is 2. The molecule has 152 valence electrons. The Morgan fingerprint density at radius 2 is 1.79 bits per heavy atom. The number of carbonyl (C=O) groups excluding carboxylic acids is 1. The van der Waals surface area contributed by atoms with Crippen LogP contribution in [0, 0.1) is 0 Å². The zero-order valence-corrected chi connectivity index (χ0v) is 16.2. The predicted molar refractivity (Wildman–Crippen MR) is 97.7 cm³/mol. The van der Waals surface area contributed by atoms with Gasteiger partial charge in [-0.25, -0.2) is 12.7 Å². The summed E-state index contributed by atoms with van der Waals surface area (Å²) in [4.78, 5) is 12.1. The second kappa shape index (κ2) is 8.08. The van der Waals surface area contributed by atoms with Crippen LogP contribution in [0.15, 0.2) is 47.4 Å². The van der Waals surface area contributed by atoms with E-state index in [2.05, 4.69) is 5.32 Å². The molecule has 0 aliphatic rings. The van der Waals surface area contributed by atoms with Gasteiger partial charge in [-0.15, -0.1) is 0 Å². The van der Waals surface area contributed by atoms with Crippen molar-refractivity contribution >= 4 is 33.2 Å². The van der Waals surface area contributed by atoms with Crippen molar-refractivity contribution in [3.8, 4) is 0 Å². The molecule has 0 saturated carbocycles. The number of alkyl halides is 3. The van der Waals surface area contributed by atoms with E-state index in [0.717, 1.165) is 16.4 Å². The minimum absolute atomic E-state index is 0.113. The first-order valence-corrected chi connectivity index (χ1v) is 9.54. The van der Waals surface area contributed by atoms with Gasteiger partial charge >= 0.3 is 6.18 Å². The van der Waals surface area contributed by atoms with Crippen LogP contribution in [0.2, 0.25) is 5.02 Å². The first-order chi connectivity index (χ1) is 12.9. The van der Waals surface area contributed by atoms with Gasteiger partial charge in [-0.2, -0.15) is 13.2 Å². The van der Waals surface area contributed by atoms with Gasteiger partial charge in [-0.3, -0.25) is 4.79 Å². The van der Waals surface area contributed by atoms with Crippen molar-refractivity contribution in [3.63, 3.8) is 0 Å². The maximum Gasteiger partial charge on any atom is 0.418 e. The molecule has 0 fully saturated rings. The average molecular weight is 437 g/mol. The second-order valence-electron chi connectivity index (χ2n) is 5.92. The fourth-order valence-electron chi connectivity index (χ4n) is 2.26. The van der Waals surface area contributed by atoms with Gasteiger partial charge in [0.15, 0.2) is 6.10 Å². The summed E-state index contributed by atoms with van der Waals surface area (Å²) in [5.74, 6) is -0.867. The number of sulfonamides is 1. The Labute approximate surface area is 164 Å². The topological polar surface area (TPSA) is 86.7 Å². The molecule has 2 rings (SSSR count). The van der Waals surface area contributed by atoms with Gasteiger partial charge in [0.25, 0.3) is 5.91 Å². The largest absolute Gasteiger partial charge is 0.418 e. The molecule has 2 aromatic rings. The Hall–Kier alpha value is -2.14. The van der Waals surface area contributed by atoms with Gasteiger partial charge in [-0.1, -0.05) is 29.8 Å². The number of para-hydroxylation sites is 1. The Kier molecular flexibility index (Phi) is 6.39. The molecule has 0 aliphatic carbocycles. The van der Waals surface area contributed by atoms with Crippen LogP contribution in [0.3, 0.4) is 0 Å². The van der Waals surface area contributed by atoms with Crippen molar-refractivity contribution in [2.75, 3.05) is 19.4 Å². The first kappa shape index (κ1) is 22.2. The van der Waals surface area contributed by atoms with Crippen molar-refractivity contribution in [3.05, 3.63) is 58.6 Å². The van der Waals surface area contributed by atoms with Crippen molar-refractivity contribution in [2.45, 2.75) is 17.2 Å². The van der Waals surface area contributed by atoms with Crippen LogP contribution >= 0.6 is 11.6 Å². The van der Waals surface area contributed by atoms with E-state index in [4.69, 9.17) is 11.6 Å². The molecule has 1 unspecified atom stereocenters. The summed E-state index contributed by atoms with van der Waals surface area (Å²) in [6.07, 6.45) is -7.72. The molecule has 2 aromatic carbocycles. The van der Waals surface area contributed by atoms with Crippen LogP contribution in [0.5, 0.6) is 0 Å². The van der Waals surface area contributed by atoms with E-state index in [9.17, 15) is 31.5 Å². The average Bonchev–Trinajstić information content (AvgIpc) is 2.60. The lowest BCUT2D eigenvalue weighted by molar-refractivity contribution is -0.206. The van der Waals surface area contributed by atoms with E-state index in [-0.39, 0.29) is 21.2 Å². The number of carbonyl (C=O) groups is 1. The van der Waals surface area contributed by atoms with Gasteiger partial charge in [0, 0.05) is 30.9 Å². The van der Waals surface area contributed by atoms with Gasteiger partial charge in [0.2, 0.25) is 10.0 Å². The molecular weight excluding hydrogens is 421 g/mol. The maximum atomic E-state index is 12.8. The minimum Gasteiger partial charge on any atom is -0.379 e. The van der Waals surface area contributed by atoms with Crippen LogP contribution in [-0.4, -0.2) is 44.0 Å². The molecule has 0 radical (unpaired) electrons. The summed E-state index contributed by atoms with van der Waals surface area (Å²) in [5.41, 5.74) is -0.941. The monoisotopic (exact) mass is 436 g/mol. The fraction of sp³-hybridized carbons (Fsp3) is 0.235. The summed E-state index contributed by atoms with van der Waals surface area (Å²) in [7, 11) is -1.37.